The van der Waals surface area contributed by atoms with Gasteiger partial charge in [-0.05, 0) is 25.0 Å². The number of ether oxygens (including phenoxy) is 1. The SMILES string of the molecule is O=C1CCCc2c(OCCn3ccccc3=O)cccc21. The van der Waals surface area contributed by atoms with E-state index in [9.17, 15) is 9.59 Å². The molecule has 1 aliphatic rings. The third-order valence-corrected chi connectivity index (χ3v) is 3.75. The van der Waals surface area contributed by atoms with Crippen LogP contribution >= 0.6 is 0 Å². The van der Waals surface area contributed by atoms with Gasteiger partial charge < -0.3 is 9.30 Å². The van der Waals surface area contributed by atoms with Crippen molar-refractivity contribution in [3.05, 3.63) is 64.1 Å². The lowest BCUT2D eigenvalue weighted by atomic mass is 9.90. The maximum Gasteiger partial charge on any atom is 0.250 e. The Hall–Kier alpha value is -2.36. The van der Waals surface area contributed by atoms with Crippen molar-refractivity contribution >= 4 is 5.78 Å². The Balaban J connectivity index is 1.72. The van der Waals surface area contributed by atoms with Crippen LogP contribution in [0.15, 0.2) is 47.4 Å². The topological polar surface area (TPSA) is 48.3 Å². The highest BCUT2D eigenvalue weighted by Crippen LogP contribution is 2.29. The molecular weight excluding hydrogens is 266 g/mol. The Morgan fingerprint density at radius 1 is 1.05 bits per heavy atom. The summed E-state index contributed by atoms with van der Waals surface area (Å²) < 4.78 is 7.41. The first-order valence-electron chi connectivity index (χ1n) is 7.19. The Labute approximate surface area is 123 Å². The summed E-state index contributed by atoms with van der Waals surface area (Å²) >= 11 is 0. The van der Waals surface area contributed by atoms with E-state index in [4.69, 9.17) is 4.74 Å². The molecule has 0 aliphatic heterocycles. The Kier molecular flexibility index (Phi) is 3.86. The van der Waals surface area contributed by atoms with Crippen molar-refractivity contribution in [1.29, 1.82) is 0 Å². The molecule has 1 heterocycles. The molecular formula is C17H17NO3. The summed E-state index contributed by atoms with van der Waals surface area (Å²) in [5.74, 6) is 0.963. The molecule has 1 aromatic heterocycles. The maximum absolute atomic E-state index is 11.9. The van der Waals surface area contributed by atoms with E-state index in [1.165, 1.54) is 6.07 Å². The first kappa shape index (κ1) is 13.6. The molecule has 0 amide bonds. The molecule has 0 N–H and O–H groups in total. The first-order valence-corrected chi connectivity index (χ1v) is 7.19. The number of aromatic nitrogens is 1. The molecule has 0 atom stereocenters. The van der Waals surface area contributed by atoms with E-state index in [1.807, 2.05) is 24.3 Å². The van der Waals surface area contributed by atoms with Crippen LogP contribution in [0.2, 0.25) is 0 Å². The summed E-state index contributed by atoms with van der Waals surface area (Å²) in [4.78, 5) is 23.5. The predicted molar refractivity (Wildman–Crippen MR) is 79.9 cm³/mol. The van der Waals surface area contributed by atoms with Gasteiger partial charge >= 0.3 is 0 Å². The van der Waals surface area contributed by atoms with Gasteiger partial charge in [-0.1, -0.05) is 18.2 Å². The number of pyridine rings is 1. The zero-order valence-corrected chi connectivity index (χ0v) is 11.7. The highest BCUT2D eigenvalue weighted by atomic mass is 16.5. The van der Waals surface area contributed by atoms with Crippen molar-refractivity contribution in [3.8, 4) is 5.75 Å². The highest BCUT2D eigenvalue weighted by molar-refractivity contribution is 5.99. The monoisotopic (exact) mass is 283 g/mol. The fourth-order valence-corrected chi connectivity index (χ4v) is 2.68. The Morgan fingerprint density at radius 2 is 1.95 bits per heavy atom. The van der Waals surface area contributed by atoms with E-state index in [0.717, 1.165) is 29.7 Å². The summed E-state index contributed by atoms with van der Waals surface area (Å²) in [6.45, 7) is 0.909. The summed E-state index contributed by atoms with van der Waals surface area (Å²) in [6, 6.07) is 10.7. The van der Waals surface area contributed by atoms with Crippen LogP contribution in [0.3, 0.4) is 0 Å². The van der Waals surface area contributed by atoms with Gasteiger partial charge in [-0.2, -0.15) is 0 Å². The smallest absolute Gasteiger partial charge is 0.250 e. The zero-order valence-electron chi connectivity index (χ0n) is 11.7. The summed E-state index contributed by atoms with van der Waals surface area (Å²) in [5, 5.41) is 0. The lowest BCUT2D eigenvalue weighted by Crippen LogP contribution is -2.21. The van der Waals surface area contributed by atoms with Crippen LogP contribution in [0.1, 0.15) is 28.8 Å². The van der Waals surface area contributed by atoms with Gasteiger partial charge in [0, 0.05) is 29.8 Å². The average Bonchev–Trinajstić information content (AvgIpc) is 2.50. The number of hydrogen-bond acceptors (Lipinski definition) is 3. The number of rotatable bonds is 4. The van der Waals surface area contributed by atoms with Crippen LogP contribution in [-0.4, -0.2) is 17.0 Å². The quantitative estimate of drug-likeness (QED) is 0.866. The number of nitrogens with zero attached hydrogens (tertiary/aromatic N) is 1. The average molecular weight is 283 g/mol. The fourth-order valence-electron chi connectivity index (χ4n) is 2.68. The first-order chi connectivity index (χ1) is 10.3. The van der Waals surface area contributed by atoms with Crippen LogP contribution in [0.25, 0.3) is 0 Å². The van der Waals surface area contributed by atoms with Gasteiger partial charge in [0.15, 0.2) is 5.78 Å². The number of carbonyl (C=O) groups is 1. The van der Waals surface area contributed by atoms with Crippen LogP contribution in [0.4, 0.5) is 0 Å². The molecule has 0 unspecified atom stereocenters. The van der Waals surface area contributed by atoms with Crippen LogP contribution < -0.4 is 10.3 Å². The number of ketones is 1. The molecule has 0 bridgehead atoms. The Bertz CT molecular complexity index is 718. The third kappa shape index (κ3) is 2.89. The molecule has 0 radical (unpaired) electrons. The van der Waals surface area contributed by atoms with Gasteiger partial charge in [0.2, 0.25) is 0 Å². The van der Waals surface area contributed by atoms with Crippen molar-refractivity contribution in [2.75, 3.05) is 6.61 Å². The normalized spacial score (nSPS) is 13.8. The Morgan fingerprint density at radius 3 is 2.81 bits per heavy atom. The predicted octanol–water partition coefficient (Wildman–Crippen LogP) is 2.45. The second-order valence-electron chi connectivity index (χ2n) is 5.14. The number of benzene rings is 1. The van der Waals surface area contributed by atoms with Crippen molar-refractivity contribution in [2.24, 2.45) is 0 Å². The van der Waals surface area contributed by atoms with Gasteiger partial charge in [0.25, 0.3) is 5.56 Å². The van der Waals surface area contributed by atoms with Gasteiger partial charge in [-0.25, -0.2) is 0 Å². The molecule has 1 aliphatic carbocycles. The molecule has 108 valence electrons. The fraction of sp³-hybridized carbons (Fsp3) is 0.294. The van der Waals surface area contributed by atoms with Crippen molar-refractivity contribution in [1.82, 2.24) is 4.57 Å². The second-order valence-corrected chi connectivity index (χ2v) is 5.14. The second kappa shape index (κ2) is 5.95. The number of Topliss-reactive ketones (excluding diaryl/α,β-unsaturated/α-hetero) is 1. The lowest BCUT2D eigenvalue weighted by Gasteiger charge is -2.18. The minimum Gasteiger partial charge on any atom is -0.491 e. The molecule has 0 saturated heterocycles. The molecule has 0 fully saturated rings. The van der Waals surface area contributed by atoms with Crippen molar-refractivity contribution < 1.29 is 9.53 Å². The van der Waals surface area contributed by atoms with E-state index in [1.54, 1.807) is 16.8 Å². The van der Waals surface area contributed by atoms with E-state index >= 15 is 0 Å². The number of carbonyl (C=O) groups excluding carboxylic acids is 1. The summed E-state index contributed by atoms with van der Waals surface area (Å²) in [7, 11) is 0. The minimum atomic E-state index is -0.0358. The van der Waals surface area contributed by atoms with Gasteiger partial charge in [0.05, 0.1) is 6.54 Å². The highest BCUT2D eigenvalue weighted by Gasteiger charge is 2.20. The van der Waals surface area contributed by atoms with Gasteiger partial charge in [0.1, 0.15) is 12.4 Å². The van der Waals surface area contributed by atoms with E-state index in [2.05, 4.69) is 0 Å². The van der Waals surface area contributed by atoms with Gasteiger partial charge in [-0.3, -0.25) is 9.59 Å². The zero-order chi connectivity index (χ0) is 14.7. The molecule has 4 heteroatoms. The summed E-state index contributed by atoms with van der Waals surface area (Å²) in [6.07, 6.45) is 4.12. The largest absolute Gasteiger partial charge is 0.491 e. The standard InChI is InChI=1S/C17H17NO3/c19-15-7-3-6-14-13(15)5-4-8-16(14)21-12-11-18-10-2-1-9-17(18)20/h1-2,4-5,8-10H,3,6-7,11-12H2. The molecule has 1 aromatic carbocycles. The van der Waals surface area contributed by atoms with Gasteiger partial charge in [-0.15, -0.1) is 0 Å². The summed E-state index contributed by atoms with van der Waals surface area (Å²) in [5.41, 5.74) is 1.76. The van der Waals surface area contributed by atoms with Crippen LogP contribution in [0.5, 0.6) is 5.75 Å². The lowest BCUT2D eigenvalue weighted by molar-refractivity contribution is 0.0971. The third-order valence-electron chi connectivity index (χ3n) is 3.75. The maximum atomic E-state index is 11.9. The van der Waals surface area contributed by atoms with E-state index in [-0.39, 0.29) is 11.3 Å². The molecule has 21 heavy (non-hydrogen) atoms. The van der Waals surface area contributed by atoms with E-state index in [0.29, 0.717) is 19.6 Å². The molecule has 4 nitrogen and oxygen atoms in total. The van der Waals surface area contributed by atoms with Crippen molar-refractivity contribution in [3.63, 3.8) is 0 Å². The molecule has 0 spiro atoms. The number of fused-ring (bicyclic) bond motifs is 1. The van der Waals surface area contributed by atoms with Crippen molar-refractivity contribution in [2.45, 2.75) is 25.8 Å². The minimum absolute atomic E-state index is 0.0358. The molecule has 0 saturated carbocycles. The molecule has 2 aromatic rings. The number of hydrogen-bond donors (Lipinski definition) is 0. The molecule has 3 rings (SSSR count). The van der Waals surface area contributed by atoms with Crippen LogP contribution in [-0.2, 0) is 13.0 Å². The van der Waals surface area contributed by atoms with E-state index < -0.39 is 0 Å². The van der Waals surface area contributed by atoms with Crippen LogP contribution in [0, 0.1) is 0 Å².